The van der Waals surface area contributed by atoms with Gasteiger partial charge in [-0.2, -0.15) is 0 Å². The number of amides is 4. The average Bonchev–Trinajstić information content (AvgIpc) is 4.25. The van der Waals surface area contributed by atoms with Crippen molar-refractivity contribution in [3.8, 4) is 11.1 Å². The number of rotatable bonds is 13. The van der Waals surface area contributed by atoms with Crippen LogP contribution in [0.15, 0.2) is 91.0 Å². The number of nitrogens with one attached hydrogen (secondary N) is 4. The van der Waals surface area contributed by atoms with Gasteiger partial charge in [-0.15, -0.1) is 0 Å². The standard InChI is InChI=1S/C53H54N8O6/c1-5-26(2)42(59-53(65)67-4)52(64)61-46-39-40(46)41(39)47(61)49-55-37-20-16-33-23-31(14-18-35(33)45(37)57-49)30-13-17-34-32(22-30)15-19-36-44(34)56-48(54-36)38-21-27(25-66-3)24-60(38)51(63)43(28-9-7-6-8-10-28)58-50(62)29-11-12-29/h6-10,13-20,22-23,26-27,29,38-43,46-47H,5,11-12,21,24-25H2,1-4H3,(H,54,56)(H,55,57)(H,58,62)(H,59,65)/t26-,27-,38-,39+,40?,41?,42-,43+,46?,47-/m0/s1. The highest BCUT2D eigenvalue weighted by Crippen LogP contribution is 2.81. The zero-order valence-corrected chi connectivity index (χ0v) is 38.0. The molecule has 2 bridgehead atoms. The van der Waals surface area contributed by atoms with E-state index in [1.807, 2.05) is 54.0 Å². The summed E-state index contributed by atoms with van der Waals surface area (Å²) >= 11 is 0. The van der Waals surface area contributed by atoms with Gasteiger partial charge in [0.05, 0.1) is 47.9 Å². The number of piperidine rings is 1. The van der Waals surface area contributed by atoms with Gasteiger partial charge in [-0.25, -0.2) is 14.8 Å². The molecule has 67 heavy (non-hydrogen) atoms. The van der Waals surface area contributed by atoms with Crippen LogP contribution in [0.5, 0.6) is 0 Å². The fourth-order valence-corrected chi connectivity index (χ4v) is 11.6. The summed E-state index contributed by atoms with van der Waals surface area (Å²) < 4.78 is 10.5. The van der Waals surface area contributed by atoms with Crippen LogP contribution in [0.1, 0.15) is 74.9 Å². The molecule has 6 aliphatic rings. The summed E-state index contributed by atoms with van der Waals surface area (Å²) in [5, 5.41) is 10.1. The number of aromatic nitrogens is 4. The number of methoxy groups -OCH3 is 2. The Hall–Kier alpha value is -6.80. The van der Waals surface area contributed by atoms with Gasteiger partial charge in [-0.05, 0) is 94.7 Å². The van der Waals surface area contributed by atoms with Crippen LogP contribution in [0.25, 0.3) is 54.7 Å². The molecule has 0 spiro atoms. The van der Waals surface area contributed by atoms with Crippen LogP contribution in [0.3, 0.4) is 0 Å². The summed E-state index contributed by atoms with van der Waals surface area (Å²) in [6.45, 7) is 5.03. The number of carbonyl (C=O) groups excluding carboxylic acids is 4. The van der Waals surface area contributed by atoms with Crippen molar-refractivity contribution < 1.29 is 28.7 Å². The molecule has 13 rings (SSSR count). The zero-order valence-electron chi connectivity index (χ0n) is 38.0. The van der Waals surface area contributed by atoms with Gasteiger partial charge in [-0.3, -0.25) is 14.4 Å². The van der Waals surface area contributed by atoms with E-state index in [-0.39, 0.29) is 53.6 Å². The molecule has 342 valence electrons. The fraction of sp³-hybridized carbons (Fsp3) is 0.396. The summed E-state index contributed by atoms with van der Waals surface area (Å²) in [5.74, 6) is 2.69. The molecular formula is C53H54N8O6. The first-order valence-electron chi connectivity index (χ1n) is 23.8. The molecule has 10 atom stereocenters. The third kappa shape index (κ3) is 6.93. The first kappa shape index (κ1) is 41.6. The van der Waals surface area contributed by atoms with Crippen molar-refractivity contribution in [2.45, 2.75) is 69.7 Å². The molecule has 4 amide bonds. The van der Waals surface area contributed by atoms with Gasteiger partial charge in [0.2, 0.25) is 17.7 Å². The molecule has 3 saturated carbocycles. The Balaban J connectivity index is 0.821. The molecule has 2 aromatic heterocycles. The van der Waals surface area contributed by atoms with E-state index < -0.39 is 18.2 Å². The Morgan fingerprint density at radius 3 is 2.03 bits per heavy atom. The van der Waals surface area contributed by atoms with Crippen molar-refractivity contribution in [1.29, 1.82) is 0 Å². The lowest BCUT2D eigenvalue weighted by Crippen LogP contribution is -2.52. The van der Waals surface area contributed by atoms with Gasteiger partial charge in [0.25, 0.3) is 0 Å². The molecular weight excluding hydrogens is 845 g/mol. The van der Waals surface area contributed by atoms with E-state index in [2.05, 4.69) is 81.3 Å². The minimum Gasteiger partial charge on any atom is -0.453 e. The third-order valence-corrected chi connectivity index (χ3v) is 15.6. The minimum atomic E-state index is -0.794. The molecule has 3 aliphatic heterocycles. The van der Waals surface area contributed by atoms with E-state index in [1.54, 1.807) is 7.11 Å². The predicted octanol–water partition coefficient (Wildman–Crippen LogP) is 8.11. The maximum atomic E-state index is 14.6. The molecule has 5 heterocycles. The van der Waals surface area contributed by atoms with E-state index in [0.717, 1.165) is 91.2 Å². The first-order chi connectivity index (χ1) is 32.6. The van der Waals surface area contributed by atoms with E-state index >= 15 is 0 Å². The van der Waals surface area contributed by atoms with E-state index in [1.165, 1.54) is 7.11 Å². The highest BCUT2D eigenvalue weighted by Gasteiger charge is 2.86. The molecule has 0 radical (unpaired) electrons. The van der Waals surface area contributed by atoms with Crippen molar-refractivity contribution in [3.05, 3.63) is 108 Å². The highest BCUT2D eigenvalue weighted by molar-refractivity contribution is 6.08. The maximum absolute atomic E-state index is 14.6. The topological polar surface area (TPSA) is 175 Å². The Bertz CT molecular complexity index is 3130. The summed E-state index contributed by atoms with van der Waals surface area (Å²) in [6.07, 6.45) is 2.53. The first-order valence-corrected chi connectivity index (χ1v) is 23.8. The van der Waals surface area contributed by atoms with Crippen LogP contribution in [-0.2, 0) is 23.9 Å². The number of hydrogen-bond donors (Lipinski definition) is 4. The number of carbonyl (C=O) groups is 4. The van der Waals surface area contributed by atoms with Crippen molar-refractivity contribution >= 4 is 67.4 Å². The number of fused-ring (bicyclic) bond motifs is 7. The van der Waals surface area contributed by atoms with Gasteiger partial charge in [-0.1, -0.05) is 87.0 Å². The van der Waals surface area contributed by atoms with Gasteiger partial charge in [0.15, 0.2) is 0 Å². The summed E-state index contributed by atoms with van der Waals surface area (Å²) in [7, 11) is 3.01. The molecule has 14 nitrogen and oxygen atoms in total. The number of imidazole rings is 2. The molecule has 7 aromatic rings. The van der Waals surface area contributed by atoms with E-state index in [0.29, 0.717) is 37.3 Å². The number of hydrogen-bond acceptors (Lipinski definition) is 8. The SMILES string of the molecule is CC[C@H](C)[C@H](NC(=O)OC)C(=O)N1C2C3C([C@@H]32)[C@H]1c1nc2c(ccc3cc(-c4ccc5c(ccc6[nH]c([C@@H]7C[C@H](COC)CN7C(=O)[C@H](NC(=O)C7CC7)c7ccccc7)nc65)c4)ccc32)[nH]1. The van der Waals surface area contributed by atoms with E-state index in [4.69, 9.17) is 19.4 Å². The Morgan fingerprint density at radius 2 is 1.42 bits per heavy atom. The van der Waals surface area contributed by atoms with Crippen LogP contribution in [0.4, 0.5) is 4.79 Å². The van der Waals surface area contributed by atoms with Crippen molar-refractivity contribution in [3.63, 3.8) is 0 Å². The lowest BCUT2D eigenvalue weighted by atomic mass is 9.97. The predicted molar refractivity (Wildman–Crippen MR) is 253 cm³/mol. The van der Waals surface area contributed by atoms with Crippen molar-refractivity contribution in [2.75, 3.05) is 27.4 Å². The fourth-order valence-electron chi connectivity index (χ4n) is 11.6. The highest BCUT2D eigenvalue weighted by atomic mass is 16.5. The largest absolute Gasteiger partial charge is 0.453 e. The third-order valence-electron chi connectivity index (χ3n) is 15.6. The Labute approximate surface area is 387 Å². The summed E-state index contributed by atoms with van der Waals surface area (Å²) in [4.78, 5) is 75.6. The van der Waals surface area contributed by atoms with Crippen LogP contribution >= 0.6 is 0 Å². The maximum Gasteiger partial charge on any atom is 0.407 e. The lowest BCUT2D eigenvalue weighted by molar-refractivity contribution is -0.138. The molecule has 14 heteroatoms. The van der Waals surface area contributed by atoms with Gasteiger partial charge >= 0.3 is 6.09 Å². The molecule has 3 saturated heterocycles. The number of nitrogens with zero attached hydrogens (tertiary/aromatic N) is 4. The number of aromatic amines is 2. The van der Waals surface area contributed by atoms with Crippen molar-refractivity contribution in [1.82, 2.24) is 40.4 Å². The normalized spacial score (nSPS) is 25.0. The number of H-pyrrole nitrogens is 2. The van der Waals surface area contributed by atoms with Gasteiger partial charge < -0.3 is 39.9 Å². The number of likely N-dealkylation sites (tertiary alicyclic amines) is 1. The van der Waals surface area contributed by atoms with Gasteiger partial charge in [0.1, 0.15) is 23.7 Å². The second-order valence-electron chi connectivity index (χ2n) is 19.6. The molecule has 6 fully saturated rings. The monoisotopic (exact) mass is 898 g/mol. The van der Waals surface area contributed by atoms with Crippen LogP contribution in [0, 0.1) is 35.5 Å². The molecule has 3 unspecified atom stereocenters. The summed E-state index contributed by atoms with van der Waals surface area (Å²) in [6, 6.07) is 29.1. The average molecular weight is 899 g/mol. The second kappa shape index (κ2) is 15.9. The smallest absolute Gasteiger partial charge is 0.407 e. The lowest BCUT2D eigenvalue weighted by Gasteiger charge is -2.30. The molecule has 3 aliphatic carbocycles. The number of benzene rings is 5. The summed E-state index contributed by atoms with van der Waals surface area (Å²) in [5.41, 5.74) is 6.45. The Morgan fingerprint density at radius 1 is 0.776 bits per heavy atom. The van der Waals surface area contributed by atoms with Crippen LogP contribution in [0.2, 0.25) is 0 Å². The number of ether oxygens (including phenoxy) is 2. The second-order valence-corrected chi connectivity index (χ2v) is 19.6. The van der Waals surface area contributed by atoms with Crippen molar-refractivity contribution in [2.24, 2.45) is 35.5 Å². The minimum absolute atomic E-state index is 0.0316. The Kier molecular flexibility index (Phi) is 9.89. The quantitative estimate of drug-likeness (QED) is 0.0898. The van der Waals surface area contributed by atoms with E-state index in [9.17, 15) is 19.2 Å². The van der Waals surface area contributed by atoms with Crippen LogP contribution < -0.4 is 10.6 Å². The van der Waals surface area contributed by atoms with Gasteiger partial charge in [0, 0.05) is 42.3 Å². The molecule has 4 N–H and O–H groups in total. The molecule has 5 aromatic carbocycles. The number of alkyl carbamates (subject to hydrolysis) is 1. The zero-order chi connectivity index (χ0) is 45.8. The van der Waals surface area contributed by atoms with Crippen LogP contribution in [-0.4, -0.2) is 93.0 Å².